The Morgan fingerprint density at radius 3 is 3.09 bits per heavy atom. The minimum Gasteiger partial charge on any atom is -0.342 e. The summed E-state index contributed by atoms with van der Waals surface area (Å²) >= 11 is 0. The Kier molecular flexibility index (Phi) is 4.51. The average Bonchev–Trinajstić information content (AvgIpc) is 3.00. The summed E-state index contributed by atoms with van der Waals surface area (Å²) in [5, 5.41) is 7.20. The van der Waals surface area contributed by atoms with Crippen LogP contribution in [0.3, 0.4) is 0 Å². The predicted octanol–water partition coefficient (Wildman–Crippen LogP) is 2.45. The van der Waals surface area contributed by atoms with Gasteiger partial charge in [0, 0.05) is 43.5 Å². The fraction of sp³-hybridized carbons (Fsp3) is 0.471. The van der Waals surface area contributed by atoms with Crippen LogP contribution >= 0.6 is 0 Å². The van der Waals surface area contributed by atoms with Gasteiger partial charge in [0.05, 0.1) is 6.20 Å². The number of amides is 1. The zero-order chi connectivity index (χ0) is 15.4. The molecule has 22 heavy (non-hydrogen) atoms. The van der Waals surface area contributed by atoms with Crippen molar-refractivity contribution in [1.82, 2.24) is 20.1 Å². The highest BCUT2D eigenvalue weighted by Gasteiger charge is 2.26. The van der Waals surface area contributed by atoms with Crippen LogP contribution in [-0.4, -0.2) is 39.1 Å². The quantitative estimate of drug-likeness (QED) is 0.943. The summed E-state index contributed by atoms with van der Waals surface area (Å²) in [5.41, 5.74) is 3.49. The van der Waals surface area contributed by atoms with E-state index in [1.807, 2.05) is 29.4 Å². The van der Waals surface area contributed by atoms with Gasteiger partial charge in [0.2, 0.25) is 5.91 Å². The molecule has 3 heterocycles. The maximum absolute atomic E-state index is 12.5. The Labute approximate surface area is 130 Å². The van der Waals surface area contributed by atoms with E-state index in [-0.39, 0.29) is 5.91 Å². The maximum Gasteiger partial charge on any atom is 0.222 e. The number of piperidine rings is 1. The van der Waals surface area contributed by atoms with Gasteiger partial charge in [-0.15, -0.1) is 0 Å². The van der Waals surface area contributed by atoms with Crippen LogP contribution < -0.4 is 0 Å². The number of aromatic nitrogens is 3. The minimum absolute atomic E-state index is 0.241. The molecule has 1 fully saturated rings. The number of rotatable bonds is 4. The third-order valence-corrected chi connectivity index (χ3v) is 4.40. The first kappa shape index (κ1) is 14.8. The highest BCUT2D eigenvalue weighted by atomic mass is 16.2. The van der Waals surface area contributed by atoms with Crippen molar-refractivity contribution in [1.29, 1.82) is 0 Å². The topological polar surface area (TPSA) is 61.9 Å². The van der Waals surface area contributed by atoms with Crippen LogP contribution in [-0.2, 0) is 11.2 Å². The summed E-state index contributed by atoms with van der Waals surface area (Å²) in [6.45, 7) is 3.74. The summed E-state index contributed by atoms with van der Waals surface area (Å²) in [6.07, 6.45) is 8.94. The molecule has 1 N–H and O–H groups in total. The van der Waals surface area contributed by atoms with E-state index in [4.69, 9.17) is 0 Å². The van der Waals surface area contributed by atoms with E-state index in [9.17, 15) is 4.79 Å². The minimum atomic E-state index is 0.241. The molecule has 1 atom stereocenters. The SMILES string of the molecule is Cc1cn[nH]c1C1CCCN(C(=O)CCc2cccnc2)C1. The molecule has 0 aromatic carbocycles. The largest absolute Gasteiger partial charge is 0.342 e. The molecule has 1 amide bonds. The first-order chi connectivity index (χ1) is 10.7. The number of aryl methyl sites for hydroxylation is 2. The molecule has 5 nitrogen and oxygen atoms in total. The fourth-order valence-electron chi connectivity index (χ4n) is 3.16. The molecule has 1 aliphatic rings. The molecule has 0 aliphatic carbocycles. The summed E-state index contributed by atoms with van der Waals surface area (Å²) in [6, 6.07) is 3.94. The van der Waals surface area contributed by atoms with Crippen LogP contribution in [0.1, 0.15) is 42.0 Å². The van der Waals surface area contributed by atoms with Crippen LogP contribution in [0.5, 0.6) is 0 Å². The monoisotopic (exact) mass is 298 g/mol. The molecule has 2 aromatic heterocycles. The summed E-state index contributed by atoms with van der Waals surface area (Å²) in [7, 11) is 0. The summed E-state index contributed by atoms with van der Waals surface area (Å²) in [5.74, 6) is 0.629. The normalized spacial score (nSPS) is 18.4. The summed E-state index contributed by atoms with van der Waals surface area (Å²) in [4.78, 5) is 18.6. The molecule has 2 aromatic rings. The van der Waals surface area contributed by atoms with Gasteiger partial charge in [0.1, 0.15) is 0 Å². The Balaban J connectivity index is 1.57. The van der Waals surface area contributed by atoms with Crippen molar-refractivity contribution < 1.29 is 4.79 Å². The third kappa shape index (κ3) is 3.35. The molecule has 1 unspecified atom stereocenters. The molecule has 1 aliphatic heterocycles. The molecule has 0 bridgehead atoms. The highest BCUT2D eigenvalue weighted by Crippen LogP contribution is 2.27. The van der Waals surface area contributed by atoms with E-state index in [2.05, 4.69) is 22.1 Å². The van der Waals surface area contributed by atoms with Crippen molar-refractivity contribution in [2.45, 2.75) is 38.5 Å². The molecule has 5 heteroatoms. The lowest BCUT2D eigenvalue weighted by molar-refractivity contribution is -0.132. The lowest BCUT2D eigenvalue weighted by Crippen LogP contribution is -2.39. The number of aromatic amines is 1. The van der Waals surface area contributed by atoms with E-state index >= 15 is 0 Å². The number of hydrogen-bond donors (Lipinski definition) is 1. The number of pyridine rings is 1. The number of carbonyl (C=O) groups excluding carboxylic acids is 1. The smallest absolute Gasteiger partial charge is 0.222 e. The van der Waals surface area contributed by atoms with E-state index in [0.29, 0.717) is 12.3 Å². The second kappa shape index (κ2) is 6.73. The molecular weight excluding hydrogens is 276 g/mol. The first-order valence-electron chi connectivity index (χ1n) is 7.90. The standard InChI is InChI=1S/C17H22N4O/c1-13-10-19-20-17(13)15-5-3-9-21(12-15)16(22)7-6-14-4-2-8-18-11-14/h2,4,8,10-11,15H,3,5-7,9,12H2,1H3,(H,19,20). The summed E-state index contributed by atoms with van der Waals surface area (Å²) < 4.78 is 0. The zero-order valence-corrected chi connectivity index (χ0v) is 13.0. The van der Waals surface area contributed by atoms with E-state index in [1.54, 1.807) is 6.20 Å². The van der Waals surface area contributed by atoms with Gasteiger partial charge in [0.25, 0.3) is 0 Å². The van der Waals surface area contributed by atoms with Crippen LogP contribution in [0.2, 0.25) is 0 Å². The Morgan fingerprint density at radius 1 is 1.45 bits per heavy atom. The molecule has 0 radical (unpaired) electrons. The van der Waals surface area contributed by atoms with Crippen molar-refractivity contribution in [2.24, 2.45) is 0 Å². The van der Waals surface area contributed by atoms with Crippen molar-refractivity contribution >= 4 is 5.91 Å². The molecule has 116 valence electrons. The number of nitrogens with one attached hydrogen (secondary N) is 1. The van der Waals surface area contributed by atoms with Gasteiger partial charge in [0.15, 0.2) is 0 Å². The van der Waals surface area contributed by atoms with Gasteiger partial charge >= 0.3 is 0 Å². The second-order valence-corrected chi connectivity index (χ2v) is 6.01. The Hall–Kier alpha value is -2.17. The number of carbonyl (C=O) groups is 1. The average molecular weight is 298 g/mol. The van der Waals surface area contributed by atoms with Gasteiger partial charge in [-0.25, -0.2) is 0 Å². The van der Waals surface area contributed by atoms with E-state index in [0.717, 1.165) is 37.9 Å². The predicted molar refractivity (Wildman–Crippen MR) is 84.4 cm³/mol. The van der Waals surface area contributed by atoms with Crippen molar-refractivity contribution in [3.05, 3.63) is 47.5 Å². The van der Waals surface area contributed by atoms with Crippen molar-refractivity contribution in [2.75, 3.05) is 13.1 Å². The molecule has 0 saturated carbocycles. The van der Waals surface area contributed by atoms with Gasteiger partial charge < -0.3 is 4.90 Å². The number of likely N-dealkylation sites (tertiary alicyclic amines) is 1. The van der Waals surface area contributed by atoms with E-state index in [1.165, 1.54) is 11.3 Å². The third-order valence-electron chi connectivity index (χ3n) is 4.40. The van der Waals surface area contributed by atoms with Crippen LogP contribution in [0.15, 0.2) is 30.7 Å². The van der Waals surface area contributed by atoms with Gasteiger partial charge in [-0.05, 0) is 43.4 Å². The number of hydrogen-bond acceptors (Lipinski definition) is 3. The Bertz CT molecular complexity index is 623. The molecule has 3 rings (SSSR count). The van der Waals surface area contributed by atoms with Gasteiger partial charge in [-0.1, -0.05) is 6.07 Å². The lowest BCUT2D eigenvalue weighted by Gasteiger charge is -2.32. The number of H-pyrrole nitrogens is 1. The van der Waals surface area contributed by atoms with Crippen molar-refractivity contribution in [3.63, 3.8) is 0 Å². The zero-order valence-electron chi connectivity index (χ0n) is 13.0. The molecule has 1 saturated heterocycles. The second-order valence-electron chi connectivity index (χ2n) is 6.01. The van der Waals surface area contributed by atoms with E-state index < -0.39 is 0 Å². The van der Waals surface area contributed by atoms with Gasteiger partial charge in [-0.3, -0.25) is 14.9 Å². The Morgan fingerprint density at radius 2 is 2.36 bits per heavy atom. The highest BCUT2D eigenvalue weighted by molar-refractivity contribution is 5.76. The number of nitrogens with zero attached hydrogens (tertiary/aromatic N) is 3. The van der Waals surface area contributed by atoms with Crippen LogP contribution in [0.4, 0.5) is 0 Å². The van der Waals surface area contributed by atoms with Gasteiger partial charge in [-0.2, -0.15) is 5.10 Å². The first-order valence-corrected chi connectivity index (χ1v) is 7.90. The molecule has 0 spiro atoms. The fourth-order valence-corrected chi connectivity index (χ4v) is 3.16. The lowest BCUT2D eigenvalue weighted by atomic mass is 9.92. The van der Waals surface area contributed by atoms with Crippen molar-refractivity contribution in [3.8, 4) is 0 Å². The van der Waals surface area contributed by atoms with Crippen LogP contribution in [0.25, 0.3) is 0 Å². The maximum atomic E-state index is 12.5. The van der Waals surface area contributed by atoms with Crippen LogP contribution in [0, 0.1) is 6.92 Å². The molecular formula is C17H22N4O.